The monoisotopic (exact) mass is 303 g/mol. The molecule has 1 saturated carbocycles. The second-order valence-electron chi connectivity index (χ2n) is 5.79. The summed E-state index contributed by atoms with van der Waals surface area (Å²) in [4.78, 5) is 23.5. The van der Waals surface area contributed by atoms with Gasteiger partial charge in [-0.2, -0.15) is 0 Å². The van der Waals surface area contributed by atoms with Crippen LogP contribution in [0.5, 0.6) is 0 Å². The molecule has 0 radical (unpaired) electrons. The third kappa shape index (κ3) is 6.26. The van der Waals surface area contributed by atoms with Crippen molar-refractivity contribution in [2.75, 3.05) is 11.9 Å². The molecule has 0 unspecified atom stereocenters. The second kappa shape index (κ2) is 9.20. The van der Waals surface area contributed by atoms with Crippen molar-refractivity contribution in [1.29, 1.82) is 0 Å². The van der Waals surface area contributed by atoms with Crippen LogP contribution in [0.15, 0.2) is 30.3 Å². The Morgan fingerprint density at radius 3 is 2.27 bits per heavy atom. The molecule has 5 nitrogen and oxygen atoms in total. The summed E-state index contributed by atoms with van der Waals surface area (Å²) >= 11 is 0. The van der Waals surface area contributed by atoms with Gasteiger partial charge in [0.1, 0.15) is 0 Å². The number of para-hydroxylation sites is 1. The first-order chi connectivity index (χ1) is 10.7. The van der Waals surface area contributed by atoms with E-state index in [1.807, 2.05) is 18.2 Å². The highest BCUT2D eigenvalue weighted by Crippen LogP contribution is 2.16. The van der Waals surface area contributed by atoms with Crippen LogP contribution >= 0.6 is 0 Å². The van der Waals surface area contributed by atoms with E-state index >= 15 is 0 Å². The number of urea groups is 1. The van der Waals surface area contributed by atoms with Gasteiger partial charge in [-0.15, -0.1) is 0 Å². The summed E-state index contributed by atoms with van der Waals surface area (Å²) in [5.41, 5.74) is 0.667. The molecule has 5 heteroatoms. The average molecular weight is 303 g/mol. The van der Waals surface area contributed by atoms with E-state index in [9.17, 15) is 9.59 Å². The number of carbonyl (C=O) groups excluding carboxylic acids is 2. The Bertz CT molecular complexity index is 468. The van der Waals surface area contributed by atoms with Crippen molar-refractivity contribution in [2.24, 2.45) is 0 Å². The molecule has 22 heavy (non-hydrogen) atoms. The highest BCUT2D eigenvalue weighted by atomic mass is 16.2. The standard InChI is InChI=1S/C17H25N3O2/c21-16(13-18-14-9-5-2-1-3-6-10-14)20-17(22)19-15-11-7-4-8-12-15/h4,7-8,11-12,14,18H,1-3,5-6,9-10,13H2,(H2,19,20,21,22). The van der Waals surface area contributed by atoms with Crippen molar-refractivity contribution in [3.63, 3.8) is 0 Å². The number of amides is 3. The van der Waals surface area contributed by atoms with E-state index < -0.39 is 6.03 Å². The van der Waals surface area contributed by atoms with E-state index in [1.54, 1.807) is 12.1 Å². The lowest BCUT2D eigenvalue weighted by atomic mass is 9.97. The molecule has 2 rings (SSSR count). The van der Waals surface area contributed by atoms with Gasteiger partial charge < -0.3 is 10.6 Å². The van der Waals surface area contributed by atoms with Gasteiger partial charge in [-0.05, 0) is 25.0 Å². The molecule has 0 saturated heterocycles. The summed E-state index contributed by atoms with van der Waals surface area (Å²) in [5.74, 6) is -0.296. The molecule has 120 valence electrons. The second-order valence-corrected chi connectivity index (χ2v) is 5.79. The van der Waals surface area contributed by atoms with E-state index in [4.69, 9.17) is 0 Å². The molecule has 3 N–H and O–H groups in total. The van der Waals surface area contributed by atoms with Gasteiger partial charge in [0.25, 0.3) is 0 Å². The Morgan fingerprint density at radius 1 is 0.955 bits per heavy atom. The van der Waals surface area contributed by atoms with Crippen molar-refractivity contribution in [2.45, 2.75) is 51.0 Å². The highest BCUT2D eigenvalue weighted by molar-refractivity contribution is 6.01. The molecule has 0 bridgehead atoms. The van der Waals surface area contributed by atoms with Gasteiger partial charge in [-0.25, -0.2) is 4.79 Å². The van der Waals surface area contributed by atoms with Gasteiger partial charge in [-0.1, -0.05) is 50.3 Å². The summed E-state index contributed by atoms with van der Waals surface area (Å²) in [7, 11) is 0. The third-order valence-corrected chi connectivity index (χ3v) is 3.94. The first kappa shape index (κ1) is 16.5. The van der Waals surface area contributed by atoms with E-state index in [2.05, 4.69) is 16.0 Å². The fourth-order valence-electron chi connectivity index (χ4n) is 2.75. The van der Waals surface area contributed by atoms with E-state index in [-0.39, 0.29) is 12.5 Å². The maximum Gasteiger partial charge on any atom is 0.325 e. The van der Waals surface area contributed by atoms with E-state index in [0.29, 0.717) is 11.7 Å². The maximum absolute atomic E-state index is 11.8. The molecule has 3 amide bonds. The Morgan fingerprint density at radius 2 is 1.59 bits per heavy atom. The van der Waals surface area contributed by atoms with Crippen molar-refractivity contribution in [3.05, 3.63) is 30.3 Å². The number of hydrogen-bond donors (Lipinski definition) is 3. The minimum Gasteiger partial charge on any atom is -0.308 e. The molecule has 1 fully saturated rings. The van der Waals surface area contributed by atoms with Gasteiger partial charge in [0, 0.05) is 11.7 Å². The molecule has 0 aromatic heterocycles. The van der Waals surface area contributed by atoms with Gasteiger partial charge in [0.05, 0.1) is 6.54 Å². The largest absolute Gasteiger partial charge is 0.325 e. The lowest BCUT2D eigenvalue weighted by Crippen LogP contribution is -2.43. The van der Waals surface area contributed by atoms with E-state index in [1.165, 1.54) is 32.1 Å². The van der Waals surface area contributed by atoms with Crippen molar-refractivity contribution in [3.8, 4) is 0 Å². The number of anilines is 1. The zero-order valence-corrected chi connectivity index (χ0v) is 12.9. The lowest BCUT2D eigenvalue weighted by molar-refractivity contribution is -0.119. The quantitative estimate of drug-likeness (QED) is 0.800. The number of rotatable bonds is 4. The van der Waals surface area contributed by atoms with Crippen molar-refractivity contribution < 1.29 is 9.59 Å². The van der Waals surface area contributed by atoms with Crippen LogP contribution in [0.4, 0.5) is 10.5 Å². The maximum atomic E-state index is 11.8. The van der Waals surface area contributed by atoms with Gasteiger partial charge >= 0.3 is 6.03 Å². The normalized spacial score (nSPS) is 16.4. The van der Waals surface area contributed by atoms with Crippen LogP contribution in [0, 0.1) is 0 Å². The summed E-state index contributed by atoms with van der Waals surface area (Å²) in [6.07, 6.45) is 8.55. The Labute approximate surface area is 131 Å². The van der Waals surface area contributed by atoms with Gasteiger partial charge in [0.2, 0.25) is 5.91 Å². The minimum absolute atomic E-state index is 0.187. The molecular weight excluding hydrogens is 278 g/mol. The highest BCUT2D eigenvalue weighted by Gasteiger charge is 2.13. The molecule has 0 aliphatic heterocycles. The molecule has 1 aromatic rings. The summed E-state index contributed by atoms with van der Waals surface area (Å²) < 4.78 is 0. The topological polar surface area (TPSA) is 70.2 Å². The van der Waals surface area contributed by atoms with Crippen LogP contribution in [0.3, 0.4) is 0 Å². The van der Waals surface area contributed by atoms with Crippen LogP contribution in [0.1, 0.15) is 44.9 Å². The lowest BCUT2D eigenvalue weighted by Gasteiger charge is -2.20. The zero-order chi connectivity index (χ0) is 15.6. The van der Waals surface area contributed by atoms with Crippen LogP contribution < -0.4 is 16.0 Å². The van der Waals surface area contributed by atoms with Gasteiger partial charge in [0.15, 0.2) is 0 Å². The predicted octanol–water partition coefficient (Wildman–Crippen LogP) is 3.04. The number of carbonyl (C=O) groups is 2. The first-order valence-electron chi connectivity index (χ1n) is 8.13. The average Bonchev–Trinajstić information content (AvgIpc) is 2.47. The van der Waals surface area contributed by atoms with Crippen LogP contribution in [-0.2, 0) is 4.79 Å². The summed E-state index contributed by atoms with van der Waals surface area (Å²) in [6.45, 7) is 0.187. The summed E-state index contributed by atoms with van der Waals surface area (Å²) in [6, 6.07) is 8.97. The third-order valence-electron chi connectivity index (χ3n) is 3.94. The van der Waals surface area contributed by atoms with Crippen LogP contribution in [0.25, 0.3) is 0 Å². The number of nitrogens with one attached hydrogen (secondary N) is 3. The van der Waals surface area contributed by atoms with Crippen LogP contribution in [-0.4, -0.2) is 24.5 Å². The molecule has 0 atom stereocenters. The molecule has 1 aliphatic carbocycles. The fraction of sp³-hybridized carbons (Fsp3) is 0.529. The molecule has 0 spiro atoms. The first-order valence-corrected chi connectivity index (χ1v) is 8.13. The minimum atomic E-state index is -0.490. The number of benzene rings is 1. The Balaban J connectivity index is 1.67. The van der Waals surface area contributed by atoms with Crippen molar-refractivity contribution >= 4 is 17.6 Å². The Kier molecular flexibility index (Phi) is 6.90. The molecule has 1 aromatic carbocycles. The SMILES string of the molecule is O=C(CNC1CCCCCCC1)NC(=O)Nc1ccccc1. The number of imide groups is 1. The van der Waals surface area contributed by atoms with Crippen LogP contribution in [0.2, 0.25) is 0 Å². The van der Waals surface area contributed by atoms with Crippen molar-refractivity contribution in [1.82, 2.24) is 10.6 Å². The zero-order valence-electron chi connectivity index (χ0n) is 12.9. The summed E-state index contributed by atoms with van der Waals surface area (Å²) in [5, 5.41) is 8.24. The van der Waals surface area contributed by atoms with E-state index in [0.717, 1.165) is 12.8 Å². The number of hydrogen-bond acceptors (Lipinski definition) is 3. The van der Waals surface area contributed by atoms with Gasteiger partial charge in [-0.3, -0.25) is 10.1 Å². The Hall–Kier alpha value is -1.88. The fourth-order valence-corrected chi connectivity index (χ4v) is 2.75. The molecule has 0 heterocycles. The smallest absolute Gasteiger partial charge is 0.308 e. The predicted molar refractivity (Wildman–Crippen MR) is 87.7 cm³/mol. The molecular formula is C17H25N3O2. The molecule has 1 aliphatic rings.